The first kappa shape index (κ1) is 24.7. The maximum Gasteiger partial charge on any atom is 0.268 e. The van der Waals surface area contributed by atoms with Crippen LogP contribution in [0.3, 0.4) is 0 Å². The minimum atomic E-state index is -0.247. The van der Waals surface area contributed by atoms with Crippen molar-refractivity contribution in [2.24, 2.45) is 5.10 Å². The molecule has 3 rings (SSSR count). The van der Waals surface area contributed by atoms with Gasteiger partial charge in [0, 0.05) is 31.3 Å². The monoisotopic (exact) mass is 496 g/mol. The quantitative estimate of drug-likeness (QED) is 0.572. The van der Waals surface area contributed by atoms with E-state index in [0.717, 1.165) is 5.71 Å². The van der Waals surface area contributed by atoms with Gasteiger partial charge in [0.05, 0.1) is 46.3 Å². The van der Waals surface area contributed by atoms with Crippen LogP contribution >= 0.6 is 34.8 Å². The molecule has 10 heteroatoms. The average molecular weight is 498 g/mol. The van der Waals surface area contributed by atoms with Crippen LogP contribution in [0.2, 0.25) is 15.2 Å². The Morgan fingerprint density at radius 1 is 1.09 bits per heavy atom. The molecule has 2 heterocycles. The Hall–Kier alpha value is -1.93. The summed E-state index contributed by atoms with van der Waals surface area (Å²) in [6.45, 7) is 8.60. The number of amides is 1. The zero-order chi connectivity index (χ0) is 23.6. The van der Waals surface area contributed by atoms with Gasteiger partial charge in [-0.1, -0.05) is 34.8 Å². The van der Waals surface area contributed by atoms with Crippen molar-refractivity contribution in [1.29, 1.82) is 0 Å². The van der Waals surface area contributed by atoms with Crippen molar-refractivity contribution >= 4 is 46.4 Å². The number of hydrazone groups is 1. The lowest BCUT2D eigenvalue weighted by Crippen LogP contribution is -2.55. The van der Waals surface area contributed by atoms with Crippen molar-refractivity contribution in [3.05, 3.63) is 57.0 Å². The van der Waals surface area contributed by atoms with Gasteiger partial charge < -0.3 is 0 Å². The topological polar surface area (TPSA) is 64.9 Å². The second-order valence-electron chi connectivity index (χ2n) is 8.15. The van der Waals surface area contributed by atoms with Crippen LogP contribution in [0.15, 0.2) is 35.7 Å². The maximum absolute atomic E-state index is 13.8. The lowest BCUT2D eigenvalue weighted by molar-refractivity contribution is -0.0661. The molecule has 1 aromatic carbocycles. The minimum absolute atomic E-state index is 0.0297. The molecule has 1 aromatic heterocycles. The van der Waals surface area contributed by atoms with Gasteiger partial charge in [-0.3, -0.25) is 19.8 Å². The Balaban J connectivity index is 2.08. The van der Waals surface area contributed by atoms with Crippen LogP contribution < -0.4 is 0 Å². The predicted octanol–water partition coefficient (Wildman–Crippen LogP) is 5.35. The van der Waals surface area contributed by atoms with E-state index in [2.05, 4.69) is 16.9 Å². The summed E-state index contributed by atoms with van der Waals surface area (Å²) in [7, 11) is 1.94. The lowest BCUT2D eigenvalue weighted by Gasteiger charge is -2.43. The third-order valence-corrected chi connectivity index (χ3v) is 6.53. The molecule has 0 aliphatic carbocycles. The summed E-state index contributed by atoms with van der Waals surface area (Å²) in [5.74, 6) is -0.172. The molecule has 0 saturated carbocycles. The highest BCUT2D eigenvalue weighted by Gasteiger charge is 2.35. The molecule has 32 heavy (non-hydrogen) atoms. The smallest absolute Gasteiger partial charge is 0.268 e. The third kappa shape index (κ3) is 5.52. The van der Waals surface area contributed by atoms with E-state index in [1.165, 1.54) is 6.20 Å². The van der Waals surface area contributed by atoms with Crippen LogP contribution in [-0.4, -0.2) is 62.3 Å². The zero-order valence-corrected chi connectivity index (χ0v) is 21.0. The molecule has 3 atom stereocenters. The van der Waals surface area contributed by atoms with Gasteiger partial charge >= 0.3 is 0 Å². The number of hydrogen-bond acceptors (Lipinski definition) is 6. The average Bonchev–Trinajstić information content (AvgIpc) is 2.77. The highest BCUT2D eigenvalue weighted by atomic mass is 35.5. The van der Waals surface area contributed by atoms with E-state index in [9.17, 15) is 4.79 Å². The fourth-order valence-corrected chi connectivity index (χ4v) is 4.16. The largest absolute Gasteiger partial charge is 0.296 e. The first-order valence-electron chi connectivity index (χ1n) is 10.4. The summed E-state index contributed by atoms with van der Waals surface area (Å²) in [6.07, 6.45) is 3.77. The van der Waals surface area contributed by atoms with E-state index < -0.39 is 0 Å². The number of benzene rings is 1. The molecule has 0 saturated heterocycles. The van der Waals surface area contributed by atoms with Gasteiger partial charge in [0.1, 0.15) is 5.15 Å². The minimum Gasteiger partial charge on any atom is -0.296 e. The summed E-state index contributed by atoms with van der Waals surface area (Å²) < 4.78 is 0. The number of nitrogens with zero attached hydrogens (tertiary/aromatic N) is 6. The van der Waals surface area contributed by atoms with E-state index >= 15 is 0 Å². The molecule has 0 radical (unpaired) electrons. The number of aromatic nitrogens is 2. The van der Waals surface area contributed by atoms with Gasteiger partial charge in [0.2, 0.25) is 0 Å². The Kier molecular flexibility index (Phi) is 7.98. The molecule has 1 aliphatic heterocycles. The highest BCUT2D eigenvalue weighted by molar-refractivity contribution is 6.42. The lowest BCUT2D eigenvalue weighted by atomic mass is 10.1. The first-order chi connectivity index (χ1) is 15.1. The summed E-state index contributed by atoms with van der Waals surface area (Å²) in [5.41, 5.74) is 2.11. The maximum atomic E-state index is 13.8. The number of rotatable bonds is 3. The standard InChI is InChI=1S/C22H27Cl3N6O/c1-13-8-14(2)31(22(32)17-6-7-18(23)19(24)9-17)30(12-15(3)29(5)28-13)16(4)20-10-27-21(25)11-26-20/h6-7,9-11,14-16H,8,12H2,1-5H3/b28-13+/t14-,15-,16?/m1/s1. The second kappa shape index (κ2) is 10.3. The number of likely N-dealkylation sites (N-methyl/N-ethyl adjacent to an activating group) is 1. The zero-order valence-electron chi connectivity index (χ0n) is 18.8. The van der Waals surface area contributed by atoms with Crippen LogP contribution in [0.4, 0.5) is 0 Å². The third-order valence-electron chi connectivity index (χ3n) is 5.59. The summed E-state index contributed by atoms with van der Waals surface area (Å²) in [4.78, 5) is 22.4. The molecule has 2 aromatic rings. The van der Waals surface area contributed by atoms with Crippen LogP contribution in [0.1, 0.15) is 56.2 Å². The molecular formula is C22H27Cl3N6O. The van der Waals surface area contributed by atoms with Gasteiger partial charge in [0.25, 0.3) is 5.91 Å². The Morgan fingerprint density at radius 2 is 1.81 bits per heavy atom. The number of hydrogen-bond donors (Lipinski definition) is 0. The molecule has 0 spiro atoms. The van der Waals surface area contributed by atoms with E-state index in [4.69, 9.17) is 39.9 Å². The van der Waals surface area contributed by atoms with Gasteiger partial charge in [0.15, 0.2) is 0 Å². The SMILES string of the molecule is C/C1=N\N(C)[C@H](C)CN(C(C)c2cnc(Cl)cn2)N(C(=O)c2ccc(Cl)c(Cl)c2)[C@H](C)C1. The fraction of sp³-hybridized carbons (Fsp3) is 0.455. The highest BCUT2D eigenvalue weighted by Crippen LogP contribution is 2.29. The van der Waals surface area contributed by atoms with E-state index in [1.807, 2.05) is 37.8 Å². The molecule has 1 amide bonds. The number of hydrazine groups is 1. The van der Waals surface area contributed by atoms with E-state index in [0.29, 0.717) is 39.4 Å². The van der Waals surface area contributed by atoms with Gasteiger partial charge in [-0.05, 0) is 45.9 Å². The van der Waals surface area contributed by atoms with Gasteiger partial charge in [-0.15, -0.1) is 0 Å². The van der Waals surface area contributed by atoms with Crippen molar-refractivity contribution in [3.8, 4) is 0 Å². The molecule has 1 unspecified atom stereocenters. The normalized spacial score (nSPS) is 23.1. The predicted molar refractivity (Wildman–Crippen MR) is 129 cm³/mol. The summed E-state index contributed by atoms with van der Waals surface area (Å²) >= 11 is 18.2. The van der Waals surface area contributed by atoms with Crippen LogP contribution in [0.25, 0.3) is 0 Å². The van der Waals surface area contributed by atoms with Crippen molar-refractivity contribution < 1.29 is 4.79 Å². The molecule has 0 bridgehead atoms. The number of carbonyl (C=O) groups is 1. The van der Waals surface area contributed by atoms with E-state index in [1.54, 1.807) is 29.4 Å². The van der Waals surface area contributed by atoms with Crippen LogP contribution in [0, 0.1) is 0 Å². The summed E-state index contributed by atoms with van der Waals surface area (Å²) in [5, 5.41) is 11.5. The Labute approximate surface area is 203 Å². The summed E-state index contributed by atoms with van der Waals surface area (Å²) in [6, 6.07) is 4.55. The van der Waals surface area contributed by atoms with Crippen LogP contribution in [-0.2, 0) is 0 Å². The molecule has 7 nitrogen and oxygen atoms in total. The van der Waals surface area contributed by atoms with Gasteiger partial charge in [-0.25, -0.2) is 9.99 Å². The number of halogens is 3. The molecule has 0 N–H and O–H groups in total. The number of carbonyl (C=O) groups excluding carboxylic acids is 1. The first-order valence-corrected chi connectivity index (χ1v) is 11.5. The molecule has 172 valence electrons. The molecule has 0 fully saturated rings. The Bertz CT molecular complexity index is 1000. The molecule has 1 aliphatic rings. The van der Waals surface area contributed by atoms with Crippen molar-refractivity contribution in [3.63, 3.8) is 0 Å². The second-order valence-corrected chi connectivity index (χ2v) is 9.35. The van der Waals surface area contributed by atoms with Crippen LogP contribution in [0.5, 0.6) is 0 Å². The van der Waals surface area contributed by atoms with Crippen molar-refractivity contribution in [1.82, 2.24) is 25.0 Å². The Morgan fingerprint density at radius 3 is 2.44 bits per heavy atom. The van der Waals surface area contributed by atoms with Crippen molar-refractivity contribution in [2.45, 2.75) is 52.2 Å². The van der Waals surface area contributed by atoms with E-state index in [-0.39, 0.29) is 24.0 Å². The van der Waals surface area contributed by atoms with Crippen molar-refractivity contribution in [2.75, 3.05) is 13.6 Å². The van der Waals surface area contributed by atoms with Gasteiger partial charge in [-0.2, -0.15) is 5.10 Å². The molecular weight excluding hydrogens is 471 g/mol. The fourth-order valence-electron chi connectivity index (χ4n) is 3.77.